The molecule has 5 heteroatoms. The minimum absolute atomic E-state index is 0.0754. The Hall–Kier alpha value is -1.52. The second-order valence-electron chi connectivity index (χ2n) is 4.24. The Morgan fingerprint density at radius 3 is 2.37 bits per heavy atom. The van der Waals surface area contributed by atoms with E-state index in [2.05, 4.69) is 0 Å². The first-order chi connectivity index (χ1) is 8.91. The van der Waals surface area contributed by atoms with Crippen molar-refractivity contribution in [1.29, 1.82) is 0 Å². The van der Waals surface area contributed by atoms with Crippen molar-refractivity contribution in [2.45, 2.75) is 13.0 Å². The monoisotopic (exact) mass is 285 g/mol. The number of rotatable bonds is 2. The average molecular weight is 286 g/mol. The van der Waals surface area contributed by atoms with Gasteiger partial charge in [-0.2, -0.15) is 0 Å². The summed E-state index contributed by atoms with van der Waals surface area (Å²) in [7, 11) is 0. The van der Waals surface area contributed by atoms with Crippen molar-refractivity contribution in [2.24, 2.45) is 5.73 Å². The Morgan fingerprint density at radius 1 is 1.00 bits per heavy atom. The lowest BCUT2D eigenvalue weighted by Gasteiger charge is -2.16. The molecule has 0 radical (unpaired) electrons. The van der Waals surface area contributed by atoms with Crippen LogP contribution >= 0.6 is 11.6 Å². The van der Waals surface area contributed by atoms with Gasteiger partial charge in [-0.15, -0.1) is 0 Å². The van der Waals surface area contributed by atoms with Crippen LogP contribution in [0.2, 0.25) is 5.02 Å². The van der Waals surface area contributed by atoms with E-state index in [9.17, 15) is 13.2 Å². The van der Waals surface area contributed by atoms with Crippen molar-refractivity contribution < 1.29 is 13.2 Å². The molecular weight excluding hydrogens is 275 g/mol. The molecule has 0 bridgehead atoms. The van der Waals surface area contributed by atoms with Gasteiger partial charge in [-0.25, -0.2) is 13.2 Å². The van der Waals surface area contributed by atoms with E-state index in [4.69, 9.17) is 17.3 Å². The van der Waals surface area contributed by atoms with Gasteiger partial charge in [0.05, 0.1) is 11.1 Å². The van der Waals surface area contributed by atoms with E-state index in [0.29, 0.717) is 0 Å². The minimum atomic E-state index is -0.956. The topological polar surface area (TPSA) is 26.0 Å². The quantitative estimate of drug-likeness (QED) is 0.883. The predicted octanol–water partition coefficient (Wildman–Crippen LogP) is 4.11. The first-order valence-electron chi connectivity index (χ1n) is 5.57. The number of aryl methyl sites for hydroxylation is 1. The summed E-state index contributed by atoms with van der Waals surface area (Å²) < 4.78 is 40.3. The molecule has 2 rings (SSSR count). The summed E-state index contributed by atoms with van der Waals surface area (Å²) in [6.07, 6.45) is 0. The first-order valence-corrected chi connectivity index (χ1v) is 5.94. The van der Waals surface area contributed by atoms with Crippen molar-refractivity contribution in [3.8, 4) is 0 Å². The van der Waals surface area contributed by atoms with Gasteiger partial charge in [-0.3, -0.25) is 0 Å². The van der Waals surface area contributed by atoms with Crippen LogP contribution in [0.25, 0.3) is 0 Å². The second kappa shape index (κ2) is 5.23. The number of nitrogens with two attached hydrogens (primary N) is 1. The predicted molar refractivity (Wildman–Crippen MR) is 68.5 cm³/mol. The fourth-order valence-corrected chi connectivity index (χ4v) is 2.09. The van der Waals surface area contributed by atoms with Gasteiger partial charge in [0.15, 0.2) is 0 Å². The lowest BCUT2D eigenvalue weighted by atomic mass is 9.97. The smallest absolute Gasteiger partial charge is 0.142 e. The second-order valence-corrected chi connectivity index (χ2v) is 4.62. The van der Waals surface area contributed by atoms with Gasteiger partial charge < -0.3 is 5.73 Å². The summed E-state index contributed by atoms with van der Waals surface area (Å²) in [4.78, 5) is 0. The Kier molecular flexibility index (Phi) is 3.83. The van der Waals surface area contributed by atoms with Crippen LogP contribution in [0.5, 0.6) is 0 Å². The summed E-state index contributed by atoms with van der Waals surface area (Å²) in [6.45, 7) is 1.50. The van der Waals surface area contributed by atoms with Crippen LogP contribution in [0.4, 0.5) is 13.2 Å². The van der Waals surface area contributed by atoms with Crippen molar-refractivity contribution in [3.63, 3.8) is 0 Å². The van der Waals surface area contributed by atoms with Gasteiger partial charge in [0.25, 0.3) is 0 Å². The Morgan fingerprint density at radius 2 is 1.68 bits per heavy atom. The molecule has 0 heterocycles. The summed E-state index contributed by atoms with van der Waals surface area (Å²) in [6, 6.07) is 5.24. The molecule has 0 aliphatic carbocycles. The molecule has 19 heavy (non-hydrogen) atoms. The Bertz CT molecular complexity index is 628. The van der Waals surface area contributed by atoms with Crippen LogP contribution in [-0.2, 0) is 0 Å². The van der Waals surface area contributed by atoms with Crippen LogP contribution in [0.1, 0.15) is 22.7 Å². The third kappa shape index (κ3) is 2.60. The molecule has 0 aliphatic heterocycles. The highest BCUT2D eigenvalue weighted by molar-refractivity contribution is 6.31. The Balaban J connectivity index is 2.53. The molecule has 0 aromatic heterocycles. The molecular formula is C14H11ClF3N. The largest absolute Gasteiger partial charge is 0.320 e. The summed E-state index contributed by atoms with van der Waals surface area (Å²) in [5, 5.41) is -0.156. The maximum Gasteiger partial charge on any atom is 0.142 e. The summed E-state index contributed by atoms with van der Waals surface area (Å²) in [5.41, 5.74) is 6.49. The van der Waals surface area contributed by atoms with Crippen LogP contribution < -0.4 is 5.73 Å². The third-order valence-electron chi connectivity index (χ3n) is 2.93. The van der Waals surface area contributed by atoms with Crippen molar-refractivity contribution >= 4 is 11.6 Å². The number of hydrogen-bond donors (Lipinski definition) is 1. The SMILES string of the molecule is Cc1cc(C(N)c2cccc(F)c2Cl)c(F)cc1F. The first kappa shape index (κ1) is 13.9. The van der Waals surface area contributed by atoms with Gasteiger partial charge in [0.1, 0.15) is 17.5 Å². The van der Waals surface area contributed by atoms with Crippen LogP contribution in [-0.4, -0.2) is 0 Å². The lowest BCUT2D eigenvalue weighted by molar-refractivity contribution is 0.560. The van der Waals surface area contributed by atoms with Gasteiger partial charge in [0, 0.05) is 11.6 Å². The van der Waals surface area contributed by atoms with Crippen LogP contribution in [0, 0.1) is 24.4 Å². The maximum atomic E-state index is 13.7. The van der Waals surface area contributed by atoms with E-state index >= 15 is 0 Å². The van der Waals surface area contributed by atoms with Gasteiger partial charge in [-0.05, 0) is 30.2 Å². The van der Waals surface area contributed by atoms with E-state index in [1.165, 1.54) is 31.2 Å². The van der Waals surface area contributed by atoms with E-state index < -0.39 is 23.5 Å². The molecule has 0 spiro atoms. The molecule has 1 atom stereocenters. The van der Waals surface area contributed by atoms with E-state index in [1.807, 2.05) is 0 Å². The minimum Gasteiger partial charge on any atom is -0.320 e. The molecule has 2 N–H and O–H groups in total. The third-order valence-corrected chi connectivity index (χ3v) is 3.33. The van der Waals surface area contributed by atoms with Gasteiger partial charge in [0.2, 0.25) is 0 Å². The van der Waals surface area contributed by atoms with Crippen molar-refractivity contribution in [1.82, 2.24) is 0 Å². The molecule has 1 nitrogen and oxygen atoms in total. The van der Waals surface area contributed by atoms with E-state index in [1.54, 1.807) is 0 Å². The van der Waals surface area contributed by atoms with Gasteiger partial charge in [-0.1, -0.05) is 23.7 Å². The summed E-state index contributed by atoms with van der Waals surface area (Å²) in [5.74, 6) is -2.07. The highest BCUT2D eigenvalue weighted by Gasteiger charge is 2.19. The molecule has 0 saturated heterocycles. The molecule has 2 aromatic rings. The number of benzene rings is 2. The fraction of sp³-hybridized carbons (Fsp3) is 0.143. The zero-order valence-electron chi connectivity index (χ0n) is 10.1. The average Bonchev–Trinajstić information content (AvgIpc) is 2.36. The van der Waals surface area contributed by atoms with Crippen LogP contribution in [0.15, 0.2) is 30.3 Å². The van der Waals surface area contributed by atoms with E-state index in [-0.39, 0.29) is 21.7 Å². The molecule has 100 valence electrons. The molecule has 0 aliphatic rings. The molecule has 0 amide bonds. The van der Waals surface area contributed by atoms with Crippen molar-refractivity contribution in [2.75, 3.05) is 0 Å². The highest BCUT2D eigenvalue weighted by Crippen LogP contribution is 2.30. The van der Waals surface area contributed by atoms with Crippen LogP contribution in [0.3, 0.4) is 0 Å². The van der Waals surface area contributed by atoms with E-state index in [0.717, 1.165) is 6.07 Å². The number of halogens is 4. The van der Waals surface area contributed by atoms with Gasteiger partial charge >= 0.3 is 0 Å². The van der Waals surface area contributed by atoms with Crippen molar-refractivity contribution in [3.05, 3.63) is 69.5 Å². The molecule has 0 fully saturated rings. The zero-order chi connectivity index (χ0) is 14.2. The lowest BCUT2D eigenvalue weighted by Crippen LogP contribution is -2.15. The molecule has 1 unspecified atom stereocenters. The zero-order valence-corrected chi connectivity index (χ0v) is 10.8. The normalized spacial score (nSPS) is 12.5. The molecule has 0 saturated carbocycles. The summed E-state index contributed by atoms with van der Waals surface area (Å²) >= 11 is 5.81. The fourth-order valence-electron chi connectivity index (χ4n) is 1.85. The standard InChI is InChI=1S/C14H11ClF3N/c1-7-5-9(12(18)6-11(7)17)14(19)8-3-2-4-10(16)13(8)15/h2-6,14H,19H2,1H3. The maximum absolute atomic E-state index is 13.7. The Labute approximate surface area is 113 Å². The highest BCUT2D eigenvalue weighted by atomic mass is 35.5. The molecule has 2 aromatic carbocycles. The number of hydrogen-bond acceptors (Lipinski definition) is 1.